The molecule has 45 heavy (non-hydrogen) atoms. The number of aromatic nitrogens is 3. The Morgan fingerprint density at radius 3 is 1.40 bits per heavy atom. The lowest BCUT2D eigenvalue weighted by atomic mass is 9.75. The summed E-state index contributed by atoms with van der Waals surface area (Å²) >= 11 is 0. The van der Waals surface area contributed by atoms with Gasteiger partial charge >= 0.3 is 6.01 Å². The minimum atomic E-state index is -0.521. The van der Waals surface area contributed by atoms with Crippen LogP contribution in [-0.4, -0.2) is 115 Å². The lowest BCUT2D eigenvalue weighted by molar-refractivity contribution is -0.251. The number of aliphatic hydroxyl groups excluding tert-OH is 1. The molecule has 0 saturated carbocycles. The molecule has 258 valence electrons. The molecule has 4 rings (SSSR count). The highest BCUT2D eigenvalue weighted by atomic mass is 16.5. The van der Waals surface area contributed by atoms with Crippen LogP contribution in [0.15, 0.2) is 0 Å². The first-order chi connectivity index (χ1) is 20.4. The van der Waals surface area contributed by atoms with Crippen molar-refractivity contribution in [3.05, 3.63) is 0 Å². The molecule has 0 atom stereocenters. The summed E-state index contributed by atoms with van der Waals surface area (Å²) in [7, 11) is 0. The maximum atomic E-state index is 11.2. The summed E-state index contributed by atoms with van der Waals surface area (Å²) in [4.78, 5) is 16.8. The van der Waals surface area contributed by atoms with E-state index < -0.39 is 33.2 Å². The van der Waals surface area contributed by atoms with Gasteiger partial charge in [-0.3, -0.25) is 0 Å². The predicted octanol–water partition coefficient (Wildman–Crippen LogP) is 4.69. The Hall–Kier alpha value is -1.87. The number of aliphatic hydroxyl groups is 1. The Kier molecular flexibility index (Phi) is 9.58. The molecule has 0 bridgehead atoms. The number of hydrogen-bond acceptors (Lipinski definition) is 13. The summed E-state index contributed by atoms with van der Waals surface area (Å²) in [6.07, 6.45) is 3.97. The van der Waals surface area contributed by atoms with Crippen LogP contribution in [0.3, 0.4) is 0 Å². The normalized spacial score (nSPS) is 27.3. The van der Waals surface area contributed by atoms with E-state index in [1.807, 2.05) is 27.7 Å². The average Bonchev–Trinajstić information content (AvgIpc) is 2.87. The van der Waals surface area contributed by atoms with Gasteiger partial charge in [0.25, 0.3) is 0 Å². The molecule has 3 aliphatic rings. The summed E-state index contributed by atoms with van der Waals surface area (Å²) in [6, 6.07) is 0.00281. The number of rotatable bonds is 8. The van der Waals surface area contributed by atoms with E-state index in [2.05, 4.69) is 70.6 Å². The number of nitrogens with one attached hydrogen (secondary N) is 1. The quantitative estimate of drug-likeness (QED) is 0.268. The molecular weight excluding hydrogens is 576 g/mol. The Morgan fingerprint density at radius 2 is 1.02 bits per heavy atom. The second-order valence-corrected chi connectivity index (χ2v) is 17.4. The van der Waals surface area contributed by atoms with Gasteiger partial charge < -0.3 is 35.7 Å². The molecule has 0 aromatic carbocycles. The third-order valence-corrected chi connectivity index (χ3v) is 10.1. The fraction of sp³-hybridized carbons (Fsp3) is 0.906. The minimum absolute atomic E-state index is 0.0289. The van der Waals surface area contributed by atoms with Crippen LogP contribution in [0.2, 0.25) is 0 Å². The molecule has 0 spiro atoms. The number of piperidine rings is 3. The molecule has 0 radical (unpaired) electrons. The topological polar surface area (TPSA) is 154 Å². The van der Waals surface area contributed by atoms with Crippen molar-refractivity contribution < 1.29 is 25.5 Å². The molecule has 3 saturated heterocycles. The summed E-state index contributed by atoms with van der Waals surface area (Å²) in [6.45, 7) is 24.4. The van der Waals surface area contributed by atoms with Crippen LogP contribution in [0.25, 0.3) is 0 Å². The largest absolute Gasteiger partial charge is 0.461 e. The van der Waals surface area contributed by atoms with Crippen LogP contribution in [0.1, 0.15) is 122 Å². The highest BCUT2D eigenvalue weighted by Crippen LogP contribution is 2.45. The molecule has 0 aliphatic carbocycles. The van der Waals surface area contributed by atoms with Gasteiger partial charge in [-0.2, -0.15) is 30.1 Å². The SMILES string of the molecule is CC1(C)CC(Nc2nc(OCCO)nc(N(C3CC(C)(C)N(O)C(C)(C)C3)C3CC(C)(C)N(O)C(C)(C)C3)n2)CC(C)(C)N1O. The van der Waals surface area contributed by atoms with E-state index in [1.165, 1.54) is 15.2 Å². The maximum absolute atomic E-state index is 11.2. The van der Waals surface area contributed by atoms with Crippen molar-refractivity contribution in [1.82, 2.24) is 30.1 Å². The maximum Gasteiger partial charge on any atom is 0.323 e. The standard InChI is InChI=1S/C32H60N8O5/c1-27(2)15-21(16-28(3,4)38(27)42)33-24-34-25(36-26(35-24)45-14-13-41)37(22-17-29(5,6)39(43)30(7,8)18-22)23-19-31(9,10)40(44)32(11,12)20-23/h21-23,41-44H,13-20H2,1-12H3,(H,33,34,35,36). The van der Waals surface area contributed by atoms with E-state index in [0.717, 1.165) is 0 Å². The van der Waals surface area contributed by atoms with E-state index in [-0.39, 0.29) is 37.3 Å². The zero-order valence-electron chi connectivity index (χ0n) is 29.7. The van der Waals surface area contributed by atoms with E-state index >= 15 is 0 Å². The fourth-order valence-corrected chi connectivity index (χ4v) is 8.74. The second-order valence-electron chi connectivity index (χ2n) is 17.4. The van der Waals surface area contributed by atoms with Crippen LogP contribution in [-0.2, 0) is 0 Å². The van der Waals surface area contributed by atoms with Gasteiger partial charge in [-0.1, -0.05) is 0 Å². The lowest BCUT2D eigenvalue weighted by Gasteiger charge is -2.58. The van der Waals surface area contributed by atoms with Crippen LogP contribution in [0.5, 0.6) is 6.01 Å². The van der Waals surface area contributed by atoms with Gasteiger partial charge in [0, 0.05) is 51.4 Å². The monoisotopic (exact) mass is 636 g/mol. The summed E-state index contributed by atoms with van der Waals surface area (Å²) in [5.41, 5.74) is -3.02. The van der Waals surface area contributed by atoms with Crippen molar-refractivity contribution in [2.24, 2.45) is 0 Å². The molecule has 3 fully saturated rings. The van der Waals surface area contributed by atoms with Gasteiger partial charge in [0.2, 0.25) is 11.9 Å². The molecule has 0 amide bonds. The Labute approximate surface area is 269 Å². The first-order valence-corrected chi connectivity index (χ1v) is 16.4. The van der Waals surface area contributed by atoms with Crippen LogP contribution >= 0.6 is 0 Å². The summed E-state index contributed by atoms with van der Waals surface area (Å²) < 4.78 is 5.82. The van der Waals surface area contributed by atoms with Crippen LogP contribution in [0.4, 0.5) is 11.9 Å². The van der Waals surface area contributed by atoms with E-state index in [0.29, 0.717) is 50.4 Å². The van der Waals surface area contributed by atoms with Crippen molar-refractivity contribution in [3.8, 4) is 6.01 Å². The molecule has 3 aliphatic heterocycles. The third-order valence-electron chi connectivity index (χ3n) is 10.1. The van der Waals surface area contributed by atoms with E-state index in [1.54, 1.807) is 0 Å². The molecule has 13 heteroatoms. The van der Waals surface area contributed by atoms with Crippen molar-refractivity contribution in [3.63, 3.8) is 0 Å². The van der Waals surface area contributed by atoms with E-state index in [9.17, 15) is 20.7 Å². The number of ether oxygens (including phenoxy) is 1. The van der Waals surface area contributed by atoms with Crippen molar-refractivity contribution in [1.29, 1.82) is 0 Å². The third kappa shape index (κ3) is 7.34. The number of nitrogens with zero attached hydrogens (tertiary/aromatic N) is 7. The number of anilines is 2. The van der Waals surface area contributed by atoms with Gasteiger partial charge in [0.05, 0.1) is 6.61 Å². The fourth-order valence-electron chi connectivity index (χ4n) is 8.74. The molecular formula is C32H60N8O5. The molecule has 5 N–H and O–H groups in total. The zero-order valence-corrected chi connectivity index (χ0v) is 29.7. The minimum Gasteiger partial charge on any atom is -0.461 e. The Bertz CT molecular complexity index is 1110. The van der Waals surface area contributed by atoms with Crippen LogP contribution < -0.4 is 15.0 Å². The smallest absolute Gasteiger partial charge is 0.323 e. The second kappa shape index (κ2) is 12.0. The van der Waals surface area contributed by atoms with Gasteiger partial charge in [0.1, 0.15) is 6.61 Å². The van der Waals surface area contributed by atoms with Crippen molar-refractivity contribution >= 4 is 11.9 Å². The molecule has 4 heterocycles. The highest BCUT2D eigenvalue weighted by molar-refractivity contribution is 5.43. The first-order valence-electron chi connectivity index (χ1n) is 16.4. The van der Waals surface area contributed by atoms with Crippen molar-refractivity contribution in [2.45, 2.75) is 173 Å². The van der Waals surface area contributed by atoms with Gasteiger partial charge in [-0.05, 0) is 122 Å². The van der Waals surface area contributed by atoms with E-state index in [4.69, 9.17) is 14.7 Å². The lowest BCUT2D eigenvalue weighted by Crippen LogP contribution is -2.67. The molecule has 1 aromatic rings. The number of hydrogen-bond donors (Lipinski definition) is 5. The molecule has 13 nitrogen and oxygen atoms in total. The predicted molar refractivity (Wildman–Crippen MR) is 173 cm³/mol. The molecule has 1 aromatic heterocycles. The highest BCUT2D eigenvalue weighted by Gasteiger charge is 2.52. The molecule has 0 unspecified atom stereocenters. The van der Waals surface area contributed by atoms with Gasteiger partial charge in [-0.25, -0.2) is 0 Å². The Balaban J connectivity index is 1.82. The first kappa shape index (κ1) is 36.0. The summed E-state index contributed by atoms with van der Waals surface area (Å²) in [5, 5.41) is 50.7. The van der Waals surface area contributed by atoms with Crippen molar-refractivity contribution in [2.75, 3.05) is 23.4 Å². The summed E-state index contributed by atoms with van der Waals surface area (Å²) in [5.74, 6) is 0.835. The average molecular weight is 637 g/mol. The van der Waals surface area contributed by atoms with Crippen LogP contribution in [0, 0.1) is 0 Å². The van der Waals surface area contributed by atoms with Gasteiger partial charge in [0.15, 0.2) is 0 Å². The van der Waals surface area contributed by atoms with Gasteiger partial charge in [-0.15, -0.1) is 0 Å². The Morgan fingerprint density at radius 1 is 0.644 bits per heavy atom. The number of hydroxylamine groups is 6. The zero-order chi connectivity index (χ0) is 34.0.